The maximum Gasteiger partial charge on any atom is 0.246 e. The van der Waals surface area contributed by atoms with Gasteiger partial charge in [-0.05, 0) is 32.6 Å². The molecule has 5 heteroatoms. The smallest absolute Gasteiger partial charge is 0.246 e. The summed E-state index contributed by atoms with van der Waals surface area (Å²) in [5.74, 6) is 0.640. The van der Waals surface area contributed by atoms with E-state index in [0.29, 0.717) is 26.4 Å². The number of nitrogens with one attached hydrogen (secondary N) is 1. The maximum absolute atomic E-state index is 11.8. The van der Waals surface area contributed by atoms with Crippen LogP contribution in [0.15, 0.2) is 0 Å². The predicted octanol–water partition coefficient (Wildman–Crippen LogP) is 1.36. The first-order valence-electron chi connectivity index (χ1n) is 7.22. The molecule has 5 nitrogen and oxygen atoms in total. The molecule has 1 N–H and O–H groups in total. The summed E-state index contributed by atoms with van der Waals surface area (Å²) in [5.41, 5.74) is 0. The second-order valence-corrected chi connectivity index (χ2v) is 5.09. The number of carbonyl (C=O) groups excluding carboxylic acids is 1. The minimum Gasteiger partial charge on any atom is -0.380 e. The minimum absolute atomic E-state index is 0.0936. The summed E-state index contributed by atoms with van der Waals surface area (Å²) in [6.45, 7) is 8.41. The summed E-state index contributed by atoms with van der Waals surface area (Å²) in [6, 6.07) is -0.101. The van der Waals surface area contributed by atoms with E-state index in [0.717, 1.165) is 18.8 Å². The highest BCUT2D eigenvalue weighted by molar-refractivity contribution is 5.77. The summed E-state index contributed by atoms with van der Waals surface area (Å²) in [6.07, 6.45) is 2.39. The zero-order valence-electron chi connectivity index (χ0n) is 12.3. The molecule has 19 heavy (non-hydrogen) atoms. The molecule has 1 amide bonds. The minimum atomic E-state index is -0.101. The van der Waals surface area contributed by atoms with Gasteiger partial charge in [0, 0.05) is 13.2 Å². The molecule has 1 aliphatic carbocycles. The normalized spacial score (nSPS) is 22.3. The number of carbonyl (C=O) groups is 1. The van der Waals surface area contributed by atoms with E-state index in [1.54, 1.807) is 0 Å². The van der Waals surface area contributed by atoms with E-state index in [9.17, 15) is 4.79 Å². The van der Waals surface area contributed by atoms with Crippen molar-refractivity contribution in [2.45, 2.75) is 45.8 Å². The molecule has 0 radical (unpaired) electrons. The Labute approximate surface area is 116 Å². The van der Waals surface area contributed by atoms with Gasteiger partial charge in [-0.3, -0.25) is 4.79 Å². The Morgan fingerprint density at radius 2 is 1.79 bits per heavy atom. The Morgan fingerprint density at radius 1 is 1.21 bits per heavy atom. The van der Waals surface area contributed by atoms with Crippen molar-refractivity contribution < 1.29 is 19.0 Å². The van der Waals surface area contributed by atoms with E-state index in [2.05, 4.69) is 12.2 Å². The van der Waals surface area contributed by atoms with Crippen molar-refractivity contribution in [3.05, 3.63) is 0 Å². The molecule has 0 aromatic heterocycles. The number of hydrogen-bond donors (Lipinski definition) is 1. The third-order valence-corrected chi connectivity index (χ3v) is 3.19. The molecular weight excluding hydrogens is 246 g/mol. The molecule has 0 aromatic carbocycles. The van der Waals surface area contributed by atoms with Crippen LogP contribution in [0.4, 0.5) is 0 Å². The van der Waals surface area contributed by atoms with Crippen molar-refractivity contribution >= 4 is 5.91 Å². The predicted molar refractivity (Wildman–Crippen MR) is 73.1 cm³/mol. The fraction of sp³-hybridized carbons (Fsp3) is 0.929. The molecule has 0 unspecified atom stereocenters. The second kappa shape index (κ2) is 9.28. The lowest BCUT2D eigenvalue weighted by molar-refractivity contribution is -0.132. The van der Waals surface area contributed by atoms with Crippen molar-refractivity contribution in [2.24, 2.45) is 5.92 Å². The van der Waals surface area contributed by atoms with E-state index in [1.807, 2.05) is 13.8 Å². The maximum atomic E-state index is 11.8. The molecule has 0 atom stereocenters. The van der Waals surface area contributed by atoms with Crippen LogP contribution in [0.3, 0.4) is 0 Å². The average molecular weight is 273 g/mol. The summed E-state index contributed by atoms with van der Waals surface area (Å²) in [4.78, 5) is 11.8. The van der Waals surface area contributed by atoms with Gasteiger partial charge in [-0.15, -0.1) is 0 Å². The Hall–Kier alpha value is -0.650. The lowest BCUT2D eigenvalue weighted by Crippen LogP contribution is -2.44. The highest BCUT2D eigenvalue weighted by Crippen LogP contribution is 2.28. The summed E-state index contributed by atoms with van der Waals surface area (Å²) in [7, 11) is 0. The monoisotopic (exact) mass is 273 g/mol. The van der Waals surface area contributed by atoms with Crippen LogP contribution < -0.4 is 5.32 Å². The standard InChI is InChI=1S/C14H27NO4/c1-4-17-8-12(9-18-5-2)15-14(16)10-19-13-6-11(3)7-13/h11-13H,4-10H2,1-3H3,(H,15,16). The molecule has 0 saturated heterocycles. The third-order valence-electron chi connectivity index (χ3n) is 3.19. The molecule has 0 aromatic rings. The SMILES string of the molecule is CCOCC(COCC)NC(=O)COC1CC(C)C1. The van der Waals surface area contributed by atoms with Crippen LogP contribution in [0.25, 0.3) is 0 Å². The van der Waals surface area contributed by atoms with Gasteiger partial charge in [0.1, 0.15) is 6.61 Å². The van der Waals surface area contributed by atoms with Gasteiger partial charge in [-0.1, -0.05) is 6.92 Å². The number of amides is 1. The van der Waals surface area contributed by atoms with Gasteiger partial charge >= 0.3 is 0 Å². The third kappa shape index (κ3) is 6.89. The van der Waals surface area contributed by atoms with Crippen LogP contribution >= 0.6 is 0 Å². The van der Waals surface area contributed by atoms with Crippen LogP contribution in [0.1, 0.15) is 33.6 Å². The fourth-order valence-corrected chi connectivity index (χ4v) is 2.08. The Kier molecular flexibility index (Phi) is 8.02. The molecule has 112 valence electrons. The largest absolute Gasteiger partial charge is 0.380 e. The summed E-state index contributed by atoms with van der Waals surface area (Å²) < 4.78 is 16.2. The number of rotatable bonds is 10. The molecule has 1 saturated carbocycles. The average Bonchev–Trinajstić information content (AvgIpc) is 2.36. The van der Waals surface area contributed by atoms with Crippen molar-refractivity contribution in [3.63, 3.8) is 0 Å². The van der Waals surface area contributed by atoms with Crippen LogP contribution in [0.2, 0.25) is 0 Å². The van der Waals surface area contributed by atoms with Crippen LogP contribution in [-0.2, 0) is 19.0 Å². The van der Waals surface area contributed by atoms with Crippen molar-refractivity contribution in [3.8, 4) is 0 Å². The molecular formula is C14H27NO4. The highest BCUT2D eigenvalue weighted by Gasteiger charge is 2.26. The molecule has 0 spiro atoms. The van der Waals surface area contributed by atoms with Gasteiger partial charge in [0.05, 0.1) is 25.4 Å². The zero-order chi connectivity index (χ0) is 14.1. The van der Waals surface area contributed by atoms with E-state index in [-0.39, 0.29) is 24.7 Å². The van der Waals surface area contributed by atoms with Crippen LogP contribution in [-0.4, -0.2) is 51.1 Å². The van der Waals surface area contributed by atoms with Crippen molar-refractivity contribution in [1.29, 1.82) is 0 Å². The quantitative estimate of drug-likeness (QED) is 0.653. The number of hydrogen-bond acceptors (Lipinski definition) is 4. The van der Waals surface area contributed by atoms with Crippen LogP contribution in [0, 0.1) is 5.92 Å². The molecule has 1 fully saturated rings. The van der Waals surface area contributed by atoms with Gasteiger partial charge in [0.15, 0.2) is 0 Å². The van der Waals surface area contributed by atoms with Gasteiger partial charge in [-0.25, -0.2) is 0 Å². The van der Waals surface area contributed by atoms with E-state index < -0.39 is 0 Å². The highest BCUT2D eigenvalue weighted by atomic mass is 16.5. The Balaban J connectivity index is 2.17. The zero-order valence-corrected chi connectivity index (χ0v) is 12.3. The van der Waals surface area contributed by atoms with Crippen LogP contribution in [0.5, 0.6) is 0 Å². The lowest BCUT2D eigenvalue weighted by atomic mass is 9.84. The summed E-state index contributed by atoms with van der Waals surface area (Å²) in [5, 5.41) is 2.89. The van der Waals surface area contributed by atoms with Gasteiger partial charge in [-0.2, -0.15) is 0 Å². The van der Waals surface area contributed by atoms with E-state index >= 15 is 0 Å². The fourth-order valence-electron chi connectivity index (χ4n) is 2.08. The first kappa shape index (κ1) is 16.4. The first-order chi connectivity index (χ1) is 9.15. The molecule has 0 heterocycles. The molecule has 0 aliphatic heterocycles. The molecule has 0 bridgehead atoms. The Bertz CT molecular complexity index is 246. The second-order valence-electron chi connectivity index (χ2n) is 5.09. The Morgan fingerprint density at radius 3 is 2.26 bits per heavy atom. The van der Waals surface area contributed by atoms with Crippen molar-refractivity contribution in [1.82, 2.24) is 5.32 Å². The summed E-state index contributed by atoms with van der Waals surface area (Å²) >= 11 is 0. The first-order valence-corrected chi connectivity index (χ1v) is 7.22. The van der Waals surface area contributed by atoms with E-state index in [1.165, 1.54) is 0 Å². The topological polar surface area (TPSA) is 56.8 Å². The molecule has 1 rings (SSSR count). The van der Waals surface area contributed by atoms with Gasteiger partial charge < -0.3 is 19.5 Å². The lowest BCUT2D eigenvalue weighted by Gasteiger charge is -2.32. The van der Waals surface area contributed by atoms with Gasteiger partial charge in [0.25, 0.3) is 0 Å². The van der Waals surface area contributed by atoms with Crippen molar-refractivity contribution in [2.75, 3.05) is 33.0 Å². The number of ether oxygens (including phenoxy) is 3. The molecule has 1 aliphatic rings. The van der Waals surface area contributed by atoms with Gasteiger partial charge in [0.2, 0.25) is 5.91 Å². The van der Waals surface area contributed by atoms with E-state index in [4.69, 9.17) is 14.2 Å².